The zero-order valence-corrected chi connectivity index (χ0v) is 27.7. The van der Waals surface area contributed by atoms with Crippen molar-refractivity contribution in [1.82, 2.24) is 0 Å². The van der Waals surface area contributed by atoms with E-state index >= 15 is 0 Å². The summed E-state index contributed by atoms with van der Waals surface area (Å²) >= 11 is 6.09. The number of halogens is 1. The molecule has 46 heavy (non-hydrogen) atoms. The van der Waals surface area contributed by atoms with Gasteiger partial charge in [-0.25, -0.2) is 8.42 Å². The molecule has 0 saturated heterocycles. The summed E-state index contributed by atoms with van der Waals surface area (Å²) in [5.41, 5.74) is 4.43. The topological polar surface area (TPSA) is 83.6 Å². The Labute approximate surface area is 275 Å². The zero-order valence-electron chi connectivity index (χ0n) is 26.1. The van der Waals surface area contributed by atoms with Crippen LogP contribution in [0.1, 0.15) is 63.7 Å². The van der Waals surface area contributed by atoms with Crippen molar-refractivity contribution in [2.75, 3.05) is 9.62 Å². The molecule has 0 bridgehead atoms. The molecule has 0 aromatic heterocycles. The molecule has 0 fully saturated rings. The number of carbonyl (C=O) groups is 2. The van der Waals surface area contributed by atoms with Crippen molar-refractivity contribution < 1.29 is 18.0 Å². The predicted molar refractivity (Wildman–Crippen MR) is 185 cm³/mol. The number of nitrogens with zero attached hydrogens (tertiary/aromatic N) is 1. The molecule has 6 nitrogen and oxygen atoms in total. The van der Waals surface area contributed by atoms with E-state index in [0.29, 0.717) is 27.4 Å². The van der Waals surface area contributed by atoms with Gasteiger partial charge in [0.25, 0.3) is 15.9 Å². The molecule has 0 heterocycles. The fourth-order valence-corrected chi connectivity index (χ4v) is 6.60. The highest BCUT2D eigenvalue weighted by molar-refractivity contribution is 7.92. The van der Waals surface area contributed by atoms with E-state index in [1.54, 1.807) is 97.1 Å². The van der Waals surface area contributed by atoms with E-state index in [1.807, 2.05) is 31.2 Å². The largest absolute Gasteiger partial charge is 0.322 e. The van der Waals surface area contributed by atoms with E-state index in [-0.39, 0.29) is 33.9 Å². The lowest BCUT2D eigenvalue weighted by Crippen LogP contribution is -2.32. The summed E-state index contributed by atoms with van der Waals surface area (Å²) in [6, 6.07) is 34.3. The van der Waals surface area contributed by atoms with Crippen molar-refractivity contribution in [3.8, 4) is 0 Å². The van der Waals surface area contributed by atoms with Crippen LogP contribution in [0.4, 0.5) is 11.4 Å². The van der Waals surface area contributed by atoms with Gasteiger partial charge in [0.05, 0.1) is 22.7 Å². The van der Waals surface area contributed by atoms with Gasteiger partial charge in [-0.1, -0.05) is 111 Å². The fraction of sp³-hybridized carbons (Fsp3) is 0.158. The van der Waals surface area contributed by atoms with Crippen LogP contribution in [0.2, 0.25) is 5.02 Å². The van der Waals surface area contributed by atoms with Crippen LogP contribution in [0.15, 0.2) is 126 Å². The van der Waals surface area contributed by atoms with Crippen LogP contribution in [0.5, 0.6) is 0 Å². The Morgan fingerprint density at radius 1 is 0.761 bits per heavy atom. The molecule has 0 radical (unpaired) electrons. The van der Waals surface area contributed by atoms with E-state index in [1.165, 1.54) is 4.31 Å². The van der Waals surface area contributed by atoms with Crippen LogP contribution in [0.25, 0.3) is 0 Å². The first-order valence-corrected chi connectivity index (χ1v) is 16.6. The summed E-state index contributed by atoms with van der Waals surface area (Å²) in [7, 11) is -4.09. The third-order valence-corrected chi connectivity index (χ3v) is 9.69. The number of benzene rings is 5. The predicted octanol–water partition coefficient (Wildman–Crippen LogP) is 8.82. The van der Waals surface area contributed by atoms with Crippen molar-refractivity contribution in [2.45, 2.75) is 44.6 Å². The zero-order chi connectivity index (χ0) is 33.1. The van der Waals surface area contributed by atoms with Crippen LogP contribution >= 0.6 is 11.6 Å². The van der Waals surface area contributed by atoms with Gasteiger partial charge in [-0.2, -0.15) is 0 Å². The second-order valence-corrected chi connectivity index (χ2v) is 14.5. The summed E-state index contributed by atoms with van der Waals surface area (Å²) in [6.07, 6.45) is 0. The Kier molecular flexibility index (Phi) is 9.47. The minimum absolute atomic E-state index is 0.0321. The van der Waals surface area contributed by atoms with Gasteiger partial charge in [-0.3, -0.25) is 13.9 Å². The first kappa shape index (κ1) is 32.7. The molecule has 5 aromatic carbocycles. The minimum atomic E-state index is -4.09. The molecule has 8 heteroatoms. The van der Waals surface area contributed by atoms with Gasteiger partial charge in [-0.15, -0.1) is 0 Å². The molecular weight excluding hydrogens is 616 g/mol. The molecule has 234 valence electrons. The third kappa shape index (κ3) is 7.39. The first-order chi connectivity index (χ1) is 21.8. The molecule has 0 aliphatic rings. The van der Waals surface area contributed by atoms with Crippen molar-refractivity contribution in [2.24, 2.45) is 0 Å². The van der Waals surface area contributed by atoms with Crippen LogP contribution in [0.3, 0.4) is 0 Å². The maximum absolute atomic E-state index is 14.1. The second kappa shape index (κ2) is 13.3. The Morgan fingerprint density at radius 3 is 2.07 bits per heavy atom. The molecule has 0 spiro atoms. The second-order valence-electron chi connectivity index (χ2n) is 12.2. The molecule has 0 aliphatic heterocycles. The number of ketones is 1. The number of hydrogen-bond acceptors (Lipinski definition) is 4. The number of hydrogen-bond donors (Lipinski definition) is 1. The third-order valence-electron chi connectivity index (χ3n) is 7.66. The van der Waals surface area contributed by atoms with Crippen molar-refractivity contribution >= 4 is 44.7 Å². The summed E-state index contributed by atoms with van der Waals surface area (Å²) in [5.74, 6) is -0.690. The van der Waals surface area contributed by atoms with E-state index in [2.05, 4.69) is 26.1 Å². The molecule has 5 rings (SSSR count). The Hall–Kier alpha value is -4.72. The summed E-state index contributed by atoms with van der Waals surface area (Å²) in [5, 5.41) is 3.40. The molecule has 0 saturated carbocycles. The van der Waals surface area contributed by atoms with E-state index in [0.717, 1.165) is 11.1 Å². The fourth-order valence-electron chi connectivity index (χ4n) is 5.00. The van der Waals surface area contributed by atoms with E-state index in [4.69, 9.17) is 11.6 Å². The first-order valence-electron chi connectivity index (χ1n) is 14.8. The van der Waals surface area contributed by atoms with Crippen molar-refractivity contribution in [3.63, 3.8) is 0 Å². The molecule has 0 aliphatic carbocycles. The number of nitrogens with one attached hydrogen (secondary N) is 1. The van der Waals surface area contributed by atoms with Gasteiger partial charge >= 0.3 is 0 Å². The summed E-state index contributed by atoms with van der Waals surface area (Å²) < 4.78 is 29.5. The summed E-state index contributed by atoms with van der Waals surface area (Å²) in [6.45, 7) is 8.19. The maximum atomic E-state index is 14.1. The Balaban J connectivity index is 1.47. The number of anilines is 2. The van der Waals surface area contributed by atoms with Crippen molar-refractivity contribution in [1.29, 1.82) is 0 Å². The minimum Gasteiger partial charge on any atom is -0.322 e. The standard InChI is InChI=1S/C38H35ClN2O4S/c1-26-12-22-33(23-13-26)46(44,45)41(25-27-14-20-31(39)21-15-27)35-11-6-5-10-34(35)37(43)40-32-9-7-8-29(24-32)36(42)28-16-18-30(19-17-28)38(2,3)4/h5-24H,25H2,1-4H3,(H,40,43). The highest BCUT2D eigenvalue weighted by atomic mass is 35.5. The smallest absolute Gasteiger partial charge is 0.264 e. The number of para-hydroxylation sites is 1. The van der Waals surface area contributed by atoms with Gasteiger partial charge in [0.15, 0.2) is 5.78 Å². The van der Waals surface area contributed by atoms with Crippen LogP contribution < -0.4 is 9.62 Å². The maximum Gasteiger partial charge on any atom is 0.264 e. The normalized spacial score (nSPS) is 11.6. The van der Waals surface area contributed by atoms with Crippen LogP contribution in [-0.4, -0.2) is 20.1 Å². The molecule has 0 unspecified atom stereocenters. The Morgan fingerprint density at radius 2 is 1.41 bits per heavy atom. The van der Waals surface area contributed by atoms with Gasteiger partial charge in [-0.05, 0) is 72.0 Å². The van der Waals surface area contributed by atoms with Gasteiger partial charge < -0.3 is 5.32 Å². The highest BCUT2D eigenvalue weighted by Gasteiger charge is 2.29. The van der Waals surface area contributed by atoms with Crippen LogP contribution in [0, 0.1) is 6.92 Å². The average Bonchev–Trinajstić information content (AvgIpc) is 3.04. The molecule has 1 amide bonds. The number of rotatable bonds is 9. The summed E-state index contributed by atoms with van der Waals surface area (Å²) in [4.78, 5) is 27.2. The highest BCUT2D eigenvalue weighted by Crippen LogP contribution is 2.31. The number of aryl methyl sites for hydroxylation is 1. The lowest BCUT2D eigenvalue weighted by molar-refractivity contribution is 0.102. The van der Waals surface area contributed by atoms with Gasteiger partial charge in [0.1, 0.15) is 0 Å². The van der Waals surface area contributed by atoms with Crippen LogP contribution in [-0.2, 0) is 22.0 Å². The molecule has 5 aromatic rings. The van der Waals surface area contributed by atoms with Crippen molar-refractivity contribution in [3.05, 3.63) is 160 Å². The number of amides is 1. The van der Waals surface area contributed by atoms with Gasteiger partial charge in [0.2, 0.25) is 0 Å². The molecule has 1 N–H and O–H groups in total. The lowest BCUT2D eigenvalue weighted by Gasteiger charge is -2.27. The van der Waals surface area contributed by atoms with Gasteiger partial charge in [0, 0.05) is 21.8 Å². The Bertz CT molecular complexity index is 1980. The van der Waals surface area contributed by atoms with E-state index < -0.39 is 15.9 Å². The monoisotopic (exact) mass is 650 g/mol. The van der Waals surface area contributed by atoms with E-state index in [9.17, 15) is 18.0 Å². The number of sulfonamides is 1. The SMILES string of the molecule is Cc1ccc(S(=O)(=O)N(Cc2ccc(Cl)cc2)c2ccccc2C(=O)Nc2cccc(C(=O)c3ccc(C(C)(C)C)cc3)c2)cc1. The quantitative estimate of drug-likeness (QED) is 0.162. The number of carbonyl (C=O) groups excluding carboxylic acids is 2. The molecular formula is C38H35ClN2O4S. The average molecular weight is 651 g/mol. The lowest BCUT2D eigenvalue weighted by atomic mass is 9.86. The molecule has 0 atom stereocenters.